The Kier molecular flexibility index (Phi) is 7.90. The van der Waals surface area contributed by atoms with Crippen LogP contribution in [0.2, 0.25) is 0 Å². The number of phenolic OH excluding ortho intramolecular Hbond substituents is 1. The van der Waals surface area contributed by atoms with E-state index in [1.807, 2.05) is 0 Å². The number of benzene rings is 3. The number of hydrogen-bond acceptors (Lipinski definition) is 9. The minimum absolute atomic E-state index is 0.0247. The third kappa shape index (κ3) is 5.44. The lowest BCUT2D eigenvalue weighted by Gasteiger charge is -2.15. The molecule has 11 nitrogen and oxygen atoms in total. The van der Waals surface area contributed by atoms with Crippen LogP contribution >= 0.6 is 0 Å². The number of nitrogens with one attached hydrogen (secondary N) is 1. The molecule has 12 heteroatoms. The molecular formula is C24H24N2O9S. The highest BCUT2D eigenvalue weighted by Crippen LogP contribution is 2.41. The summed E-state index contributed by atoms with van der Waals surface area (Å²) in [4.78, 5) is 10.0. The molecule has 0 aliphatic heterocycles. The highest BCUT2D eigenvalue weighted by molar-refractivity contribution is 7.92. The summed E-state index contributed by atoms with van der Waals surface area (Å²) in [7, 11) is 1.45. The molecule has 0 unspecified atom stereocenters. The van der Waals surface area contributed by atoms with E-state index in [4.69, 9.17) is 18.9 Å². The van der Waals surface area contributed by atoms with Crippen LogP contribution < -0.4 is 23.7 Å². The first kappa shape index (κ1) is 26.2. The molecule has 0 saturated heterocycles. The second-order valence-electron chi connectivity index (χ2n) is 7.23. The second-order valence-corrected chi connectivity index (χ2v) is 8.92. The summed E-state index contributed by atoms with van der Waals surface area (Å²) >= 11 is 0. The standard InChI is InChI=1S/C24H24N2O9S/c1-32-19-11-10-16(9-8-15-12-20(33-2)24(35-4)21(13-15)34-3)22(23(19)27)25-36(30,31)18-7-5-6-17(14-18)26(28)29/h5-14,25,27H,1-4H3. The Morgan fingerprint density at radius 3 is 2.08 bits per heavy atom. The number of sulfonamides is 1. The van der Waals surface area contributed by atoms with E-state index in [1.165, 1.54) is 52.7 Å². The van der Waals surface area contributed by atoms with Crippen LogP contribution in [0.1, 0.15) is 11.1 Å². The van der Waals surface area contributed by atoms with Crippen LogP contribution in [0.3, 0.4) is 0 Å². The van der Waals surface area contributed by atoms with E-state index in [9.17, 15) is 23.6 Å². The number of phenols is 1. The van der Waals surface area contributed by atoms with E-state index < -0.39 is 26.4 Å². The van der Waals surface area contributed by atoms with E-state index in [2.05, 4.69) is 4.72 Å². The third-order valence-corrected chi connectivity index (χ3v) is 6.46. The van der Waals surface area contributed by atoms with Crippen molar-refractivity contribution >= 4 is 33.6 Å². The molecule has 0 aromatic heterocycles. The van der Waals surface area contributed by atoms with Crippen molar-refractivity contribution in [2.75, 3.05) is 33.2 Å². The molecule has 3 aromatic rings. The molecule has 0 atom stereocenters. The fraction of sp³-hybridized carbons (Fsp3) is 0.167. The molecule has 0 heterocycles. The van der Waals surface area contributed by atoms with Crippen LogP contribution in [0.25, 0.3) is 12.2 Å². The van der Waals surface area contributed by atoms with Gasteiger partial charge >= 0.3 is 0 Å². The lowest BCUT2D eigenvalue weighted by atomic mass is 10.1. The van der Waals surface area contributed by atoms with Crippen molar-refractivity contribution < 1.29 is 37.4 Å². The summed E-state index contributed by atoms with van der Waals surface area (Å²) < 4.78 is 49.5. The molecule has 0 radical (unpaired) electrons. The predicted molar refractivity (Wildman–Crippen MR) is 134 cm³/mol. The van der Waals surface area contributed by atoms with Gasteiger partial charge in [-0.15, -0.1) is 0 Å². The van der Waals surface area contributed by atoms with Gasteiger partial charge in [-0.1, -0.05) is 18.2 Å². The van der Waals surface area contributed by atoms with Gasteiger partial charge in [0.1, 0.15) is 5.69 Å². The smallest absolute Gasteiger partial charge is 0.270 e. The van der Waals surface area contributed by atoms with E-state index >= 15 is 0 Å². The van der Waals surface area contributed by atoms with E-state index in [0.29, 0.717) is 22.8 Å². The van der Waals surface area contributed by atoms with Gasteiger partial charge in [-0.2, -0.15) is 0 Å². The maximum Gasteiger partial charge on any atom is 0.270 e. The second kappa shape index (κ2) is 10.9. The topological polar surface area (TPSA) is 146 Å². The highest BCUT2D eigenvalue weighted by Gasteiger charge is 2.22. The predicted octanol–water partition coefficient (Wildman–Crippen LogP) is 4.31. The lowest BCUT2D eigenvalue weighted by molar-refractivity contribution is -0.385. The summed E-state index contributed by atoms with van der Waals surface area (Å²) in [5, 5.41) is 21.8. The highest BCUT2D eigenvalue weighted by atomic mass is 32.2. The molecule has 0 fully saturated rings. The molecule has 3 rings (SSSR count). The number of nitrogens with zero attached hydrogens (tertiary/aromatic N) is 1. The van der Waals surface area contributed by atoms with Crippen molar-refractivity contribution in [2.24, 2.45) is 0 Å². The Morgan fingerprint density at radius 1 is 0.889 bits per heavy atom. The fourth-order valence-corrected chi connectivity index (χ4v) is 4.47. The van der Waals surface area contributed by atoms with Crippen LogP contribution in [-0.4, -0.2) is 46.9 Å². The van der Waals surface area contributed by atoms with Crippen molar-refractivity contribution in [1.29, 1.82) is 0 Å². The van der Waals surface area contributed by atoms with Crippen LogP contribution in [0.5, 0.6) is 28.7 Å². The Labute approximate surface area is 207 Å². The van der Waals surface area contributed by atoms with Crippen molar-refractivity contribution in [3.05, 3.63) is 69.8 Å². The molecule has 190 valence electrons. The zero-order valence-electron chi connectivity index (χ0n) is 19.8. The number of ether oxygens (including phenoxy) is 4. The van der Waals surface area contributed by atoms with Gasteiger partial charge in [-0.25, -0.2) is 8.42 Å². The fourth-order valence-electron chi connectivity index (χ4n) is 3.34. The van der Waals surface area contributed by atoms with Crippen LogP contribution in [0, 0.1) is 10.1 Å². The number of nitro groups is 1. The molecule has 2 N–H and O–H groups in total. The van der Waals surface area contributed by atoms with Gasteiger partial charge in [0.2, 0.25) is 5.75 Å². The van der Waals surface area contributed by atoms with Gasteiger partial charge in [0.25, 0.3) is 15.7 Å². The first-order chi connectivity index (χ1) is 17.1. The number of methoxy groups -OCH3 is 4. The van der Waals surface area contributed by atoms with Gasteiger partial charge < -0.3 is 24.1 Å². The molecule has 3 aromatic carbocycles. The van der Waals surface area contributed by atoms with Gasteiger partial charge in [-0.3, -0.25) is 14.8 Å². The number of nitro benzene ring substituents is 1. The molecule has 0 amide bonds. The minimum atomic E-state index is -4.31. The first-order valence-corrected chi connectivity index (χ1v) is 11.8. The zero-order valence-corrected chi connectivity index (χ0v) is 20.7. The molecule has 0 aliphatic carbocycles. The number of rotatable bonds is 10. The van der Waals surface area contributed by atoms with Gasteiger partial charge in [0.05, 0.1) is 38.3 Å². The van der Waals surface area contributed by atoms with Crippen molar-refractivity contribution in [3.8, 4) is 28.7 Å². The zero-order chi connectivity index (χ0) is 26.5. The van der Waals surface area contributed by atoms with Gasteiger partial charge in [0, 0.05) is 17.7 Å². The third-order valence-electron chi connectivity index (χ3n) is 5.11. The Bertz CT molecular complexity index is 1390. The Balaban J connectivity index is 2.07. The maximum atomic E-state index is 13.0. The molecular weight excluding hydrogens is 492 g/mol. The van der Waals surface area contributed by atoms with E-state index in [0.717, 1.165) is 6.07 Å². The average Bonchev–Trinajstić information content (AvgIpc) is 2.88. The van der Waals surface area contributed by atoms with Crippen LogP contribution in [0.4, 0.5) is 11.4 Å². The first-order valence-electron chi connectivity index (χ1n) is 10.3. The van der Waals surface area contributed by atoms with Crippen LogP contribution in [-0.2, 0) is 10.0 Å². The average molecular weight is 517 g/mol. The maximum absolute atomic E-state index is 13.0. The Morgan fingerprint density at radius 2 is 1.53 bits per heavy atom. The largest absolute Gasteiger partial charge is 0.503 e. The quantitative estimate of drug-likeness (QED) is 0.174. The molecule has 0 aliphatic rings. The molecule has 0 saturated carbocycles. The summed E-state index contributed by atoms with van der Waals surface area (Å²) in [5.74, 6) is 0.807. The lowest BCUT2D eigenvalue weighted by Crippen LogP contribution is -2.14. The number of hydrogen-bond donors (Lipinski definition) is 2. The van der Waals surface area contributed by atoms with Gasteiger partial charge in [-0.05, 0) is 35.9 Å². The van der Waals surface area contributed by atoms with E-state index in [1.54, 1.807) is 30.4 Å². The summed E-state index contributed by atoms with van der Waals surface area (Å²) in [6, 6.07) is 10.9. The summed E-state index contributed by atoms with van der Waals surface area (Å²) in [5.41, 5.74) is 0.350. The number of non-ortho nitro benzene ring substituents is 1. The molecule has 36 heavy (non-hydrogen) atoms. The Hall–Kier alpha value is -4.45. The SMILES string of the molecule is COc1ccc(C=Cc2cc(OC)c(OC)c(OC)c2)c(NS(=O)(=O)c2cccc([N+](=O)[O-])c2)c1O. The minimum Gasteiger partial charge on any atom is -0.503 e. The van der Waals surface area contributed by atoms with Crippen molar-refractivity contribution in [2.45, 2.75) is 4.90 Å². The summed E-state index contributed by atoms with van der Waals surface area (Å²) in [6.45, 7) is 0. The number of aromatic hydroxyl groups is 1. The van der Waals surface area contributed by atoms with E-state index in [-0.39, 0.29) is 21.9 Å². The monoisotopic (exact) mass is 516 g/mol. The number of anilines is 1. The summed E-state index contributed by atoms with van der Waals surface area (Å²) in [6.07, 6.45) is 3.21. The van der Waals surface area contributed by atoms with Crippen molar-refractivity contribution in [3.63, 3.8) is 0 Å². The van der Waals surface area contributed by atoms with Crippen LogP contribution in [0.15, 0.2) is 53.4 Å². The van der Waals surface area contributed by atoms with Gasteiger partial charge in [0.15, 0.2) is 23.0 Å². The molecule has 0 bridgehead atoms. The molecule has 0 spiro atoms. The normalized spacial score (nSPS) is 11.2. The van der Waals surface area contributed by atoms with Crippen molar-refractivity contribution in [1.82, 2.24) is 0 Å².